The maximum absolute atomic E-state index is 12.9. The minimum absolute atomic E-state index is 0.0926. The topological polar surface area (TPSA) is 66.0 Å². The third-order valence-corrected chi connectivity index (χ3v) is 4.71. The van der Waals surface area contributed by atoms with E-state index in [0.29, 0.717) is 48.3 Å². The first-order chi connectivity index (χ1) is 14.7. The van der Waals surface area contributed by atoms with Gasteiger partial charge in [-0.2, -0.15) is 0 Å². The zero-order valence-corrected chi connectivity index (χ0v) is 17.8. The molecule has 1 amide bonds. The summed E-state index contributed by atoms with van der Waals surface area (Å²) in [6, 6.07) is 12.7. The van der Waals surface area contributed by atoms with Crippen molar-refractivity contribution in [3.8, 4) is 17.2 Å². The van der Waals surface area contributed by atoms with Gasteiger partial charge in [0.2, 0.25) is 0 Å². The van der Waals surface area contributed by atoms with E-state index in [-0.39, 0.29) is 12.0 Å². The maximum Gasteiger partial charge on any atom is 0.259 e. The first-order valence-corrected chi connectivity index (χ1v) is 10.8. The molecular weight excluding hydrogens is 382 g/mol. The molecule has 0 saturated carbocycles. The van der Waals surface area contributed by atoms with E-state index in [0.717, 1.165) is 32.3 Å². The number of nitrogens with one attached hydrogen (secondary N) is 1. The number of anilines is 1. The molecule has 0 spiro atoms. The van der Waals surface area contributed by atoms with Gasteiger partial charge in [-0.15, -0.1) is 0 Å². The van der Waals surface area contributed by atoms with Crippen molar-refractivity contribution in [1.82, 2.24) is 0 Å². The smallest absolute Gasteiger partial charge is 0.259 e. The lowest BCUT2D eigenvalue weighted by molar-refractivity contribution is 0.0673. The average Bonchev–Trinajstić information content (AvgIpc) is 3.29. The Labute approximate surface area is 178 Å². The number of ether oxygens (including phenoxy) is 4. The molecule has 1 saturated heterocycles. The fraction of sp³-hybridized carbons (Fsp3) is 0.458. The van der Waals surface area contributed by atoms with Gasteiger partial charge in [-0.25, -0.2) is 0 Å². The van der Waals surface area contributed by atoms with Crippen LogP contribution in [0.25, 0.3) is 0 Å². The molecular formula is C24H31NO5. The molecule has 1 fully saturated rings. The predicted molar refractivity (Wildman–Crippen MR) is 117 cm³/mol. The Hall–Kier alpha value is -2.73. The Morgan fingerprint density at radius 2 is 1.77 bits per heavy atom. The van der Waals surface area contributed by atoms with Gasteiger partial charge in [-0.05, 0) is 49.9 Å². The van der Waals surface area contributed by atoms with Crippen LogP contribution in [0.5, 0.6) is 17.2 Å². The van der Waals surface area contributed by atoms with Crippen molar-refractivity contribution >= 4 is 11.6 Å². The van der Waals surface area contributed by atoms with Crippen LogP contribution in [0.3, 0.4) is 0 Å². The SMILES string of the molecule is CCCOc1ccc(NC(=O)c2ccccc2OCC2CCCO2)cc1OCCC. The molecule has 6 heteroatoms. The first-order valence-electron chi connectivity index (χ1n) is 10.8. The Balaban J connectivity index is 1.70. The molecule has 1 heterocycles. The normalized spacial score (nSPS) is 15.6. The molecule has 3 rings (SSSR count). The second-order valence-corrected chi connectivity index (χ2v) is 7.25. The van der Waals surface area contributed by atoms with E-state index in [4.69, 9.17) is 18.9 Å². The molecule has 162 valence electrons. The number of amides is 1. The highest BCUT2D eigenvalue weighted by molar-refractivity contribution is 6.06. The van der Waals surface area contributed by atoms with E-state index in [9.17, 15) is 4.79 Å². The maximum atomic E-state index is 12.9. The summed E-state index contributed by atoms with van der Waals surface area (Å²) >= 11 is 0. The molecule has 0 aromatic heterocycles. The van der Waals surface area contributed by atoms with Gasteiger partial charge in [0.1, 0.15) is 12.4 Å². The highest BCUT2D eigenvalue weighted by Gasteiger charge is 2.19. The molecule has 2 aromatic carbocycles. The number of hydrogen-bond donors (Lipinski definition) is 1. The fourth-order valence-electron chi connectivity index (χ4n) is 3.18. The van der Waals surface area contributed by atoms with Crippen molar-refractivity contribution in [3.05, 3.63) is 48.0 Å². The first kappa shape index (κ1) is 22.0. The highest BCUT2D eigenvalue weighted by atomic mass is 16.5. The van der Waals surface area contributed by atoms with Crippen LogP contribution >= 0.6 is 0 Å². The zero-order valence-electron chi connectivity index (χ0n) is 17.8. The lowest BCUT2D eigenvalue weighted by atomic mass is 10.1. The monoisotopic (exact) mass is 413 g/mol. The Morgan fingerprint density at radius 1 is 1.00 bits per heavy atom. The summed E-state index contributed by atoms with van der Waals surface area (Å²) < 4.78 is 23.1. The van der Waals surface area contributed by atoms with Gasteiger partial charge >= 0.3 is 0 Å². The number of carbonyl (C=O) groups is 1. The third-order valence-electron chi connectivity index (χ3n) is 4.71. The van der Waals surface area contributed by atoms with E-state index in [1.165, 1.54) is 0 Å². The van der Waals surface area contributed by atoms with Gasteiger partial charge < -0.3 is 24.3 Å². The van der Waals surface area contributed by atoms with Crippen LogP contribution in [0.4, 0.5) is 5.69 Å². The lowest BCUT2D eigenvalue weighted by Gasteiger charge is -2.16. The summed E-state index contributed by atoms with van der Waals surface area (Å²) in [5.74, 6) is 1.63. The molecule has 30 heavy (non-hydrogen) atoms. The number of para-hydroxylation sites is 1. The van der Waals surface area contributed by atoms with E-state index in [2.05, 4.69) is 12.2 Å². The number of carbonyl (C=O) groups excluding carboxylic acids is 1. The van der Waals surface area contributed by atoms with Crippen molar-refractivity contribution in [2.75, 3.05) is 31.7 Å². The van der Waals surface area contributed by atoms with Crippen molar-refractivity contribution < 1.29 is 23.7 Å². The van der Waals surface area contributed by atoms with Crippen LogP contribution in [0.15, 0.2) is 42.5 Å². The molecule has 1 atom stereocenters. The largest absolute Gasteiger partial charge is 0.490 e. The number of rotatable bonds is 11. The quantitative estimate of drug-likeness (QED) is 0.557. The van der Waals surface area contributed by atoms with Gasteiger partial charge in [0.05, 0.1) is 24.9 Å². The Bertz CT molecular complexity index is 817. The summed E-state index contributed by atoms with van der Waals surface area (Å²) in [6.07, 6.45) is 3.93. The lowest BCUT2D eigenvalue weighted by Crippen LogP contribution is -2.19. The third kappa shape index (κ3) is 6.13. The minimum atomic E-state index is -0.235. The highest BCUT2D eigenvalue weighted by Crippen LogP contribution is 2.31. The van der Waals surface area contributed by atoms with Crippen LogP contribution in [0.2, 0.25) is 0 Å². The van der Waals surface area contributed by atoms with Crippen molar-refractivity contribution in [1.29, 1.82) is 0 Å². The van der Waals surface area contributed by atoms with Crippen LogP contribution in [-0.4, -0.2) is 38.4 Å². The summed E-state index contributed by atoms with van der Waals surface area (Å²) in [7, 11) is 0. The van der Waals surface area contributed by atoms with Gasteiger partial charge in [0.15, 0.2) is 11.5 Å². The zero-order chi connectivity index (χ0) is 21.2. The van der Waals surface area contributed by atoms with Gasteiger partial charge in [-0.3, -0.25) is 4.79 Å². The van der Waals surface area contributed by atoms with Gasteiger partial charge in [0.25, 0.3) is 5.91 Å². The molecule has 0 bridgehead atoms. The average molecular weight is 414 g/mol. The molecule has 1 N–H and O–H groups in total. The van der Waals surface area contributed by atoms with Gasteiger partial charge in [-0.1, -0.05) is 26.0 Å². The summed E-state index contributed by atoms with van der Waals surface area (Å²) in [4.78, 5) is 12.9. The van der Waals surface area contributed by atoms with E-state index in [1.807, 2.05) is 31.2 Å². The van der Waals surface area contributed by atoms with E-state index < -0.39 is 0 Å². The summed E-state index contributed by atoms with van der Waals surface area (Å²) in [5, 5.41) is 2.94. The molecule has 0 radical (unpaired) electrons. The van der Waals surface area contributed by atoms with Crippen molar-refractivity contribution in [2.45, 2.75) is 45.6 Å². The summed E-state index contributed by atoms with van der Waals surface area (Å²) in [5.41, 5.74) is 1.13. The Morgan fingerprint density at radius 3 is 2.50 bits per heavy atom. The standard InChI is InChI=1S/C24H31NO5/c1-3-13-28-22-12-11-18(16-23(22)29-14-4-2)25-24(26)20-9-5-6-10-21(20)30-17-19-8-7-15-27-19/h5-6,9-12,16,19H,3-4,7-8,13-15,17H2,1-2H3,(H,25,26). The van der Waals surface area contributed by atoms with Crippen LogP contribution in [0, 0.1) is 0 Å². The molecule has 0 aliphatic carbocycles. The summed E-state index contributed by atoms with van der Waals surface area (Å²) in [6.45, 7) is 6.52. The Kier molecular flexibility index (Phi) is 8.39. The van der Waals surface area contributed by atoms with Crippen molar-refractivity contribution in [3.63, 3.8) is 0 Å². The van der Waals surface area contributed by atoms with Gasteiger partial charge in [0, 0.05) is 18.4 Å². The second kappa shape index (κ2) is 11.5. The molecule has 1 aliphatic rings. The van der Waals surface area contributed by atoms with Crippen LogP contribution in [0.1, 0.15) is 49.9 Å². The second-order valence-electron chi connectivity index (χ2n) is 7.25. The minimum Gasteiger partial charge on any atom is -0.490 e. The molecule has 2 aromatic rings. The van der Waals surface area contributed by atoms with E-state index >= 15 is 0 Å². The van der Waals surface area contributed by atoms with Crippen LogP contribution < -0.4 is 19.5 Å². The van der Waals surface area contributed by atoms with Crippen LogP contribution in [-0.2, 0) is 4.74 Å². The number of benzene rings is 2. The fourth-order valence-corrected chi connectivity index (χ4v) is 3.18. The number of hydrogen-bond acceptors (Lipinski definition) is 5. The molecule has 1 aliphatic heterocycles. The molecule has 1 unspecified atom stereocenters. The van der Waals surface area contributed by atoms with E-state index in [1.54, 1.807) is 18.2 Å². The molecule has 6 nitrogen and oxygen atoms in total. The predicted octanol–water partition coefficient (Wildman–Crippen LogP) is 5.07. The van der Waals surface area contributed by atoms with Crippen molar-refractivity contribution in [2.24, 2.45) is 0 Å².